The lowest BCUT2D eigenvalue weighted by atomic mass is 10.0. The fourth-order valence-corrected chi connectivity index (χ4v) is 3.36. The lowest BCUT2D eigenvalue weighted by Gasteiger charge is -2.19. The van der Waals surface area contributed by atoms with Gasteiger partial charge < -0.3 is 13.9 Å². The number of carbonyl (C=O) groups excluding carboxylic acids is 1. The minimum absolute atomic E-state index is 0.337. The summed E-state index contributed by atoms with van der Waals surface area (Å²) in [5.74, 6) is -0.396. The summed E-state index contributed by atoms with van der Waals surface area (Å²) in [5, 5.41) is 16.8. The molecule has 9 nitrogen and oxygen atoms in total. The number of methoxy groups -OCH3 is 1. The molecule has 2 heterocycles. The molecule has 1 aromatic heterocycles. The number of nitro benzene ring substituents is 1. The van der Waals surface area contributed by atoms with Crippen LogP contribution in [0.2, 0.25) is 0 Å². The number of hydrogen-bond acceptors (Lipinski definition) is 7. The summed E-state index contributed by atoms with van der Waals surface area (Å²) in [6.07, 6.45) is 1.89. The van der Waals surface area contributed by atoms with Crippen molar-refractivity contribution in [1.82, 2.24) is 5.01 Å². The van der Waals surface area contributed by atoms with Crippen LogP contribution in [0.25, 0.3) is 0 Å². The van der Waals surface area contributed by atoms with Gasteiger partial charge in [0, 0.05) is 18.6 Å². The molecule has 1 atom stereocenters. The molecule has 0 spiro atoms. The third-order valence-electron chi connectivity index (χ3n) is 4.93. The van der Waals surface area contributed by atoms with Crippen LogP contribution in [0.4, 0.5) is 10.1 Å². The van der Waals surface area contributed by atoms with Crippen molar-refractivity contribution in [2.45, 2.75) is 12.5 Å². The second-order valence-corrected chi connectivity index (χ2v) is 6.91. The Bertz CT molecular complexity index is 1160. The fraction of sp³-hybridized carbons (Fsp3) is 0.182. The van der Waals surface area contributed by atoms with Gasteiger partial charge in [0.25, 0.3) is 5.91 Å². The van der Waals surface area contributed by atoms with Crippen LogP contribution in [0.1, 0.15) is 23.8 Å². The monoisotopic (exact) mass is 439 g/mol. The standard InChI is InChI=1S/C22H18FN3O6/c1-30-16-7-4-14(5-8-16)17-12-19(20-3-2-10-31-20)25(24-17)22(27)13-32-21-11-15(23)6-9-18(21)26(28)29/h2-11,19H,12-13H2,1H3. The first-order chi connectivity index (χ1) is 15.5. The van der Waals surface area contributed by atoms with E-state index in [0.717, 1.165) is 23.8 Å². The number of hydrogen-bond donors (Lipinski definition) is 0. The Balaban J connectivity index is 1.57. The Morgan fingerprint density at radius 2 is 2.06 bits per heavy atom. The zero-order valence-corrected chi connectivity index (χ0v) is 16.9. The first-order valence-corrected chi connectivity index (χ1v) is 9.60. The SMILES string of the molecule is COc1ccc(C2=NN(C(=O)COc3cc(F)ccc3[N+](=O)[O-])C(c3ccco3)C2)cc1. The summed E-state index contributed by atoms with van der Waals surface area (Å²) in [7, 11) is 1.57. The summed E-state index contributed by atoms with van der Waals surface area (Å²) in [5.41, 5.74) is 1.02. The minimum atomic E-state index is -0.715. The molecule has 10 heteroatoms. The van der Waals surface area contributed by atoms with Gasteiger partial charge in [-0.1, -0.05) is 0 Å². The van der Waals surface area contributed by atoms with E-state index in [2.05, 4.69) is 5.10 Å². The molecule has 0 bridgehead atoms. The average Bonchev–Trinajstić information content (AvgIpc) is 3.47. The Morgan fingerprint density at radius 3 is 2.72 bits per heavy atom. The number of nitrogens with zero attached hydrogens (tertiary/aromatic N) is 3. The van der Waals surface area contributed by atoms with Crippen LogP contribution >= 0.6 is 0 Å². The predicted octanol–water partition coefficient (Wildman–Crippen LogP) is 4.09. The molecule has 0 N–H and O–H groups in total. The van der Waals surface area contributed by atoms with E-state index < -0.39 is 35.0 Å². The molecular formula is C22H18FN3O6. The first-order valence-electron chi connectivity index (χ1n) is 9.60. The van der Waals surface area contributed by atoms with Gasteiger partial charge in [-0.2, -0.15) is 5.10 Å². The van der Waals surface area contributed by atoms with Crippen molar-refractivity contribution in [2.24, 2.45) is 5.10 Å². The topological polar surface area (TPSA) is 107 Å². The molecule has 0 radical (unpaired) electrons. The predicted molar refractivity (Wildman–Crippen MR) is 111 cm³/mol. The van der Waals surface area contributed by atoms with Crippen molar-refractivity contribution >= 4 is 17.3 Å². The van der Waals surface area contributed by atoms with E-state index in [4.69, 9.17) is 13.9 Å². The molecule has 0 fully saturated rings. The Kier molecular flexibility index (Phi) is 5.84. The van der Waals surface area contributed by atoms with Gasteiger partial charge in [0.1, 0.15) is 23.4 Å². The molecule has 164 valence electrons. The van der Waals surface area contributed by atoms with Crippen LogP contribution in [-0.4, -0.2) is 35.3 Å². The van der Waals surface area contributed by atoms with Gasteiger partial charge in [0.15, 0.2) is 6.61 Å². The summed E-state index contributed by atoms with van der Waals surface area (Å²) >= 11 is 0. The number of halogens is 1. The van der Waals surface area contributed by atoms with Crippen LogP contribution in [-0.2, 0) is 4.79 Å². The number of amides is 1. The van der Waals surface area contributed by atoms with Gasteiger partial charge in [-0.25, -0.2) is 9.40 Å². The Labute approximate surface area is 181 Å². The third kappa shape index (κ3) is 4.29. The van der Waals surface area contributed by atoms with E-state index in [9.17, 15) is 19.3 Å². The van der Waals surface area contributed by atoms with Gasteiger partial charge >= 0.3 is 5.69 Å². The van der Waals surface area contributed by atoms with E-state index >= 15 is 0 Å². The summed E-state index contributed by atoms with van der Waals surface area (Å²) in [4.78, 5) is 23.4. The Morgan fingerprint density at radius 1 is 1.28 bits per heavy atom. The quantitative estimate of drug-likeness (QED) is 0.405. The van der Waals surface area contributed by atoms with Gasteiger partial charge in [-0.3, -0.25) is 14.9 Å². The molecule has 0 saturated heterocycles. The lowest BCUT2D eigenvalue weighted by molar-refractivity contribution is -0.385. The van der Waals surface area contributed by atoms with Crippen molar-refractivity contribution in [2.75, 3.05) is 13.7 Å². The summed E-state index contributed by atoms with van der Waals surface area (Å²) in [6.45, 7) is -0.569. The number of hydrazone groups is 1. The highest BCUT2D eigenvalue weighted by atomic mass is 19.1. The van der Waals surface area contributed by atoms with Gasteiger partial charge in [-0.05, 0) is 48.0 Å². The van der Waals surface area contributed by atoms with Crippen LogP contribution in [0, 0.1) is 15.9 Å². The van der Waals surface area contributed by atoms with Gasteiger partial charge in [-0.15, -0.1) is 0 Å². The second-order valence-electron chi connectivity index (χ2n) is 6.91. The molecule has 1 amide bonds. The highest BCUT2D eigenvalue weighted by Gasteiger charge is 2.35. The third-order valence-corrected chi connectivity index (χ3v) is 4.93. The normalized spacial score (nSPS) is 15.4. The van der Waals surface area contributed by atoms with Gasteiger partial charge in [0.2, 0.25) is 5.75 Å². The second kappa shape index (κ2) is 8.88. The van der Waals surface area contributed by atoms with Crippen molar-refractivity contribution in [3.8, 4) is 11.5 Å². The van der Waals surface area contributed by atoms with Crippen LogP contribution < -0.4 is 9.47 Å². The van der Waals surface area contributed by atoms with Crippen LogP contribution in [0.5, 0.6) is 11.5 Å². The van der Waals surface area contributed by atoms with Crippen LogP contribution in [0.15, 0.2) is 70.4 Å². The van der Waals surface area contributed by atoms with Crippen molar-refractivity contribution in [3.63, 3.8) is 0 Å². The largest absolute Gasteiger partial charge is 0.497 e. The molecule has 3 aromatic rings. The molecule has 32 heavy (non-hydrogen) atoms. The van der Waals surface area contributed by atoms with E-state index in [0.29, 0.717) is 23.6 Å². The molecule has 2 aromatic carbocycles. The van der Waals surface area contributed by atoms with E-state index in [1.165, 1.54) is 11.3 Å². The maximum atomic E-state index is 13.5. The van der Waals surface area contributed by atoms with Crippen molar-refractivity contribution in [3.05, 3.63) is 88.1 Å². The fourth-order valence-electron chi connectivity index (χ4n) is 3.36. The van der Waals surface area contributed by atoms with Gasteiger partial charge in [0.05, 0.1) is 24.0 Å². The highest BCUT2D eigenvalue weighted by molar-refractivity contribution is 6.03. The summed E-state index contributed by atoms with van der Waals surface area (Å²) in [6, 6.07) is 13.0. The number of furan rings is 1. The summed E-state index contributed by atoms with van der Waals surface area (Å²) < 4.78 is 29.5. The lowest BCUT2D eigenvalue weighted by Crippen LogP contribution is -2.31. The number of ether oxygens (including phenoxy) is 2. The average molecular weight is 439 g/mol. The molecule has 4 rings (SSSR count). The van der Waals surface area contributed by atoms with E-state index in [1.54, 1.807) is 31.4 Å². The minimum Gasteiger partial charge on any atom is -0.497 e. The van der Waals surface area contributed by atoms with Crippen LogP contribution in [0.3, 0.4) is 0 Å². The molecule has 1 unspecified atom stereocenters. The number of rotatable bonds is 7. The van der Waals surface area contributed by atoms with E-state index in [1.807, 2.05) is 12.1 Å². The van der Waals surface area contributed by atoms with E-state index in [-0.39, 0.29) is 5.75 Å². The molecular weight excluding hydrogens is 421 g/mol. The number of carbonyl (C=O) groups is 1. The first kappa shape index (κ1) is 21.0. The van der Waals surface area contributed by atoms with Crippen molar-refractivity contribution in [1.29, 1.82) is 0 Å². The Hall–Kier alpha value is -4.21. The number of nitro groups is 1. The number of benzene rings is 2. The molecule has 1 aliphatic rings. The maximum absolute atomic E-state index is 13.5. The zero-order chi connectivity index (χ0) is 22.7. The highest BCUT2D eigenvalue weighted by Crippen LogP contribution is 2.34. The molecule has 0 saturated carbocycles. The maximum Gasteiger partial charge on any atom is 0.311 e. The smallest absolute Gasteiger partial charge is 0.311 e. The molecule has 0 aliphatic carbocycles. The molecule has 1 aliphatic heterocycles. The zero-order valence-electron chi connectivity index (χ0n) is 16.9. The van der Waals surface area contributed by atoms with Crippen molar-refractivity contribution < 1.29 is 28.0 Å².